The van der Waals surface area contributed by atoms with E-state index in [1.54, 1.807) is 48.5 Å². The SMILES string of the molecule is CC(=O)c1ccc(NC(=O)c2nnc(-c3cccc(Cl)c3)o2)cc1. The quantitative estimate of drug-likeness (QED) is 0.728. The largest absolute Gasteiger partial charge is 0.412 e. The number of nitrogens with one attached hydrogen (secondary N) is 1. The molecule has 0 saturated carbocycles. The minimum Gasteiger partial charge on any atom is -0.412 e. The van der Waals surface area contributed by atoms with Gasteiger partial charge in [0.1, 0.15) is 0 Å². The first-order valence-corrected chi connectivity index (χ1v) is 7.42. The number of rotatable bonds is 4. The van der Waals surface area contributed by atoms with Crippen molar-refractivity contribution in [3.8, 4) is 11.5 Å². The molecule has 0 spiro atoms. The lowest BCUT2D eigenvalue weighted by molar-refractivity contribution is 0.0989. The molecule has 0 radical (unpaired) electrons. The Hall–Kier alpha value is -2.99. The Labute approximate surface area is 142 Å². The van der Waals surface area contributed by atoms with Crippen LogP contribution in [0.4, 0.5) is 5.69 Å². The molecule has 0 aliphatic rings. The summed E-state index contributed by atoms with van der Waals surface area (Å²) >= 11 is 5.91. The van der Waals surface area contributed by atoms with Gasteiger partial charge in [-0.1, -0.05) is 17.7 Å². The molecule has 7 heteroatoms. The lowest BCUT2D eigenvalue weighted by Gasteiger charge is -2.02. The third-order valence-electron chi connectivity index (χ3n) is 3.24. The summed E-state index contributed by atoms with van der Waals surface area (Å²) in [6.45, 7) is 1.48. The number of amides is 1. The van der Waals surface area contributed by atoms with Gasteiger partial charge in [-0.2, -0.15) is 0 Å². The van der Waals surface area contributed by atoms with Crippen molar-refractivity contribution < 1.29 is 14.0 Å². The molecule has 1 aromatic heterocycles. The number of nitrogens with zero attached hydrogens (tertiary/aromatic N) is 2. The van der Waals surface area contributed by atoms with Crippen LogP contribution in [0.25, 0.3) is 11.5 Å². The molecule has 2 aromatic carbocycles. The molecular formula is C17H12ClN3O3. The molecule has 3 rings (SSSR count). The van der Waals surface area contributed by atoms with Gasteiger partial charge in [0.2, 0.25) is 5.89 Å². The van der Waals surface area contributed by atoms with Crippen LogP contribution in [-0.4, -0.2) is 21.9 Å². The summed E-state index contributed by atoms with van der Waals surface area (Å²) in [6, 6.07) is 13.4. The highest BCUT2D eigenvalue weighted by Crippen LogP contribution is 2.21. The Morgan fingerprint density at radius 1 is 1.08 bits per heavy atom. The van der Waals surface area contributed by atoms with Crippen molar-refractivity contribution in [3.63, 3.8) is 0 Å². The number of hydrogen-bond acceptors (Lipinski definition) is 5. The molecule has 0 saturated heterocycles. The minimum absolute atomic E-state index is 0.0454. The number of carbonyl (C=O) groups excluding carboxylic acids is 2. The Kier molecular flexibility index (Phi) is 4.39. The molecule has 0 aliphatic heterocycles. The third-order valence-corrected chi connectivity index (χ3v) is 3.48. The van der Waals surface area contributed by atoms with Gasteiger partial charge in [0.25, 0.3) is 0 Å². The van der Waals surface area contributed by atoms with Crippen LogP contribution in [0, 0.1) is 0 Å². The maximum atomic E-state index is 12.1. The van der Waals surface area contributed by atoms with Gasteiger partial charge >= 0.3 is 11.8 Å². The minimum atomic E-state index is -0.536. The van der Waals surface area contributed by atoms with E-state index in [-0.39, 0.29) is 17.6 Å². The summed E-state index contributed by atoms with van der Waals surface area (Å²) in [7, 11) is 0. The van der Waals surface area contributed by atoms with Crippen molar-refractivity contribution in [3.05, 3.63) is 65.0 Å². The standard InChI is InChI=1S/C17H12ClN3O3/c1-10(22)11-5-7-14(8-6-11)19-15(23)17-21-20-16(24-17)12-3-2-4-13(18)9-12/h2-9H,1H3,(H,19,23). The molecule has 1 heterocycles. The van der Waals surface area contributed by atoms with Gasteiger partial charge in [0.15, 0.2) is 5.78 Å². The fourth-order valence-electron chi connectivity index (χ4n) is 2.03. The topological polar surface area (TPSA) is 85.1 Å². The smallest absolute Gasteiger partial charge is 0.313 e. The number of ketones is 1. The van der Waals surface area contributed by atoms with Gasteiger partial charge in [0, 0.05) is 21.8 Å². The van der Waals surface area contributed by atoms with Gasteiger partial charge < -0.3 is 9.73 Å². The average Bonchev–Trinajstić information content (AvgIpc) is 3.05. The Bertz CT molecular complexity index is 903. The van der Waals surface area contributed by atoms with Crippen molar-refractivity contribution in [1.82, 2.24) is 10.2 Å². The first kappa shape index (κ1) is 15.9. The van der Waals surface area contributed by atoms with Crippen molar-refractivity contribution in [2.75, 3.05) is 5.32 Å². The fraction of sp³-hybridized carbons (Fsp3) is 0.0588. The highest BCUT2D eigenvalue weighted by molar-refractivity contribution is 6.30. The predicted octanol–water partition coefficient (Wildman–Crippen LogP) is 3.84. The number of benzene rings is 2. The molecule has 24 heavy (non-hydrogen) atoms. The number of hydrogen-bond donors (Lipinski definition) is 1. The summed E-state index contributed by atoms with van der Waals surface area (Å²) in [5.74, 6) is -0.544. The maximum Gasteiger partial charge on any atom is 0.313 e. The third kappa shape index (κ3) is 3.49. The second-order valence-corrected chi connectivity index (χ2v) is 5.45. The van der Waals surface area contributed by atoms with Crippen LogP contribution in [0.5, 0.6) is 0 Å². The zero-order chi connectivity index (χ0) is 17.1. The number of aromatic nitrogens is 2. The zero-order valence-electron chi connectivity index (χ0n) is 12.6. The summed E-state index contributed by atoms with van der Waals surface area (Å²) in [5.41, 5.74) is 1.71. The van der Waals surface area contributed by atoms with Crippen LogP contribution < -0.4 is 5.32 Å². The van der Waals surface area contributed by atoms with E-state index in [9.17, 15) is 9.59 Å². The Morgan fingerprint density at radius 3 is 2.50 bits per heavy atom. The predicted molar refractivity (Wildman–Crippen MR) is 89.1 cm³/mol. The molecule has 1 N–H and O–H groups in total. The van der Waals surface area contributed by atoms with Crippen LogP contribution >= 0.6 is 11.6 Å². The van der Waals surface area contributed by atoms with E-state index in [1.165, 1.54) is 6.92 Å². The molecule has 0 bridgehead atoms. The molecule has 3 aromatic rings. The van der Waals surface area contributed by atoms with E-state index in [4.69, 9.17) is 16.0 Å². The zero-order valence-corrected chi connectivity index (χ0v) is 13.4. The van der Waals surface area contributed by atoms with E-state index in [0.717, 1.165) is 0 Å². The lowest BCUT2D eigenvalue weighted by atomic mass is 10.1. The molecule has 0 fully saturated rings. The second kappa shape index (κ2) is 6.64. The average molecular weight is 342 g/mol. The first-order chi connectivity index (χ1) is 11.5. The van der Waals surface area contributed by atoms with E-state index >= 15 is 0 Å². The van der Waals surface area contributed by atoms with Crippen LogP contribution in [0.2, 0.25) is 5.02 Å². The number of Topliss-reactive ketones (excluding diaryl/α,β-unsaturated/α-hetero) is 1. The Morgan fingerprint density at radius 2 is 1.83 bits per heavy atom. The monoisotopic (exact) mass is 341 g/mol. The van der Waals surface area contributed by atoms with Gasteiger partial charge in [0.05, 0.1) is 0 Å². The molecular weight excluding hydrogens is 330 g/mol. The van der Waals surface area contributed by atoms with Crippen LogP contribution in [0.15, 0.2) is 52.9 Å². The number of anilines is 1. The highest BCUT2D eigenvalue weighted by atomic mass is 35.5. The lowest BCUT2D eigenvalue weighted by Crippen LogP contribution is -2.12. The van der Waals surface area contributed by atoms with Crippen LogP contribution in [-0.2, 0) is 0 Å². The summed E-state index contributed by atoms with van der Waals surface area (Å²) in [5, 5.41) is 10.7. The molecule has 0 aliphatic carbocycles. The first-order valence-electron chi connectivity index (χ1n) is 7.05. The van der Waals surface area contributed by atoms with Gasteiger partial charge in [-0.05, 0) is 49.4 Å². The van der Waals surface area contributed by atoms with Crippen molar-refractivity contribution in [2.24, 2.45) is 0 Å². The van der Waals surface area contributed by atoms with E-state index in [1.807, 2.05) is 0 Å². The molecule has 0 unspecified atom stereocenters. The van der Waals surface area contributed by atoms with E-state index in [2.05, 4.69) is 15.5 Å². The molecule has 120 valence electrons. The van der Waals surface area contributed by atoms with Crippen molar-refractivity contribution in [1.29, 1.82) is 0 Å². The summed E-state index contributed by atoms with van der Waals surface area (Å²) in [4.78, 5) is 23.4. The highest BCUT2D eigenvalue weighted by Gasteiger charge is 2.16. The molecule has 6 nitrogen and oxygen atoms in total. The Balaban J connectivity index is 1.75. The fourth-order valence-corrected chi connectivity index (χ4v) is 2.22. The van der Waals surface area contributed by atoms with Crippen molar-refractivity contribution >= 4 is 29.0 Å². The molecule has 0 atom stereocenters. The van der Waals surface area contributed by atoms with E-state index < -0.39 is 5.91 Å². The van der Waals surface area contributed by atoms with Crippen molar-refractivity contribution in [2.45, 2.75) is 6.92 Å². The van der Waals surface area contributed by atoms with E-state index in [0.29, 0.717) is 21.8 Å². The summed E-state index contributed by atoms with van der Waals surface area (Å²) < 4.78 is 5.37. The number of carbonyl (C=O) groups is 2. The van der Waals surface area contributed by atoms with Gasteiger partial charge in [-0.3, -0.25) is 9.59 Å². The van der Waals surface area contributed by atoms with Crippen LogP contribution in [0.1, 0.15) is 28.0 Å². The summed E-state index contributed by atoms with van der Waals surface area (Å²) in [6.07, 6.45) is 0. The van der Waals surface area contributed by atoms with Gasteiger partial charge in [-0.25, -0.2) is 0 Å². The second-order valence-electron chi connectivity index (χ2n) is 5.01. The van der Waals surface area contributed by atoms with Crippen LogP contribution in [0.3, 0.4) is 0 Å². The molecule has 1 amide bonds. The van der Waals surface area contributed by atoms with Gasteiger partial charge in [-0.15, -0.1) is 10.2 Å². The maximum absolute atomic E-state index is 12.1. The number of halogens is 1. The normalized spacial score (nSPS) is 10.4.